The van der Waals surface area contributed by atoms with Crippen molar-refractivity contribution in [3.8, 4) is 0 Å². The van der Waals surface area contributed by atoms with E-state index in [4.69, 9.17) is 11.6 Å². The Labute approximate surface area is 99.5 Å². The average Bonchev–Trinajstić information content (AvgIpc) is 2.15. The highest BCUT2D eigenvalue weighted by Crippen LogP contribution is 2.07. The topological polar surface area (TPSA) is 84.0 Å². The van der Waals surface area contributed by atoms with Crippen molar-refractivity contribution in [3.05, 3.63) is 17.5 Å². The molecule has 0 atom stereocenters. The normalized spacial score (nSPS) is 11.4. The number of nitrogens with zero attached hydrogens (tertiary/aromatic N) is 2. The Balaban J connectivity index is 2.21. The van der Waals surface area contributed by atoms with Crippen molar-refractivity contribution in [3.63, 3.8) is 0 Å². The van der Waals surface area contributed by atoms with Crippen molar-refractivity contribution in [2.75, 3.05) is 24.7 Å². The second-order valence-corrected chi connectivity index (χ2v) is 5.39. The van der Waals surface area contributed by atoms with E-state index in [0.717, 1.165) is 6.26 Å². The maximum atomic E-state index is 10.7. The van der Waals surface area contributed by atoms with Gasteiger partial charge in [-0.1, -0.05) is 11.6 Å². The summed E-state index contributed by atoms with van der Waals surface area (Å²) in [6, 6.07) is 1.60. The molecule has 0 amide bonds. The average molecular weight is 265 g/mol. The zero-order valence-electron chi connectivity index (χ0n) is 8.77. The van der Waals surface area contributed by atoms with Gasteiger partial charge in [0.1, 0.15) is 17.3 Å². The predicted octanol–water partition coefficient (Wildman–Crippen LogP) is 0.481. The van der Waals surface area contributed by atoms with E-state index in [0.29, 0.717) is 30.5 Å². The van der Waals surface area contributed by atoms with Gasteiger partial charge in [-0.05, 0) is 6.42 Å². The number of sulfonamides is 1. The molecule has 0 aromatic carbocycles. The molecular weight excluding hydrogens is 252 g/mol. The second-order valence-electron chi connectivity index (χ2n) is 3.17. The molecule has 6 nitrogen and oxygen atoms in total. The van der Waals surface area contributed by atoms with E-state index in [1.165, 1.54) is 6.33 Å². The van der Waals surface area contributed by atoms with Crippen LogP contribution in [0.15, 0.2) is 12.4 Å². The van der Waals surface area contributed by atoms with Gasteiger partial charge in [-0.3, -0.25) is 0 Å². The van der Waals surface area contributed by atoms with Gasteiger partial charge in [0.25, 0.3) is 0 Å². The minimum atomic E-state index is -3.10. The number of rotatable bonds is 6. The molecule has 8 heteroatoms. The molecule has 0 saturated carbocycles. The van der Waals surface area contributed by atoms with Crippen molar-refractivity contribution < 1.29 is 8.42 Å². The van der Waals surface area contributed by atoms with E-state index >= 15 is 0 Å². The van der Waals surface area contributed by atoms with E-state index in [9.17, 15) is 8.42 Å². The largest absolute Gasteiger partial charge is 0.370 e. The Morgan fingerprint density at radius 3 is 2.75 bits per heavy atom. The zero-order valence-corrected chi connectivity index (χ0v) is 10.3. The van der Waals surface area contributed by atoms with Gasteiger partial charge in [-0.15, -0.1) is 0 Å². The van der Waals surface area contributed by atoms with Crippen LogP contribution >= 0.6 is 11.6 Å². The monoisotopic (exact) mass is 264 g/mol. The van der Waals surface area contributed by atoms with Gasteiger partial charge >= 0.3 is 0 Å². The highest BCUT2D eigenvalue weighted by atomic mass is 35.5. The van der Waals surface area contributed by atoms with Crippen molar-refractivity contribution >= 4 is 27.4 Å². The van der Waals surface area contributed by atoms with Crippen molar-refractivity contribution in [2.24, 2.45) is 0 Å². The molecule has 0 unspecified atom stereocenters. The molecule has 16 heavy (non-hydrogen) atoms. The van der Waals surface area contributed by atoms with Gasteiger partial charge in [0.2, 0.25) is 10.0 Å². The summed E-state index contributed by atoms with van der Waals surface area (Å²) in [5.74, 6) is 0.624. The van der Waals surface area contributed by atoms with E-state index in [1.54, 1.807) is 6.07 Å². The highest BCUT2D eigenvalue weighted by molar-refractivity contribution is 7.88. The molecule has 1 heterocycles. The minimum absolute atomic E-state index is 0.367. The molecule has 0 radical (unpaired) electrons. The fraction of sp³-hybridized carbons (Fsp3) is 0.500. The van der Waals surface area contributed by atoms with Crippen LogP contribution in [-0.4, -0.2) is 37.7 Å². The van der Waals surface area contributed by atoms with Gasteiger partial charge in [0.05, 0.1) is 6.26 Å². The number of nitrogens with one attached hydrogen (secondary N) is 2. The fourth-order valence-electron chi connectivity index (χ4n) is 0.993. The first-order chi connectivity index (χ1) is 7.47. The van der Waals surface area contributed by atoms with Crippen LogP contribution in [0.1, 0.15) is 6.42 Å². The lowest BCUT2D eigenvalue weighted by molar-refractivity contribution is 0.586. The number of hydrogen-bond acceptors (Lipinski definition) is 5. The van der Waals surface area contributed by atoms with Crippen LogP contribution in [0.3, 0.4) is 0 Å². The summed E-state index contributed by atoms with van der Waals surface area (Å²) in [6.07, 6.45) is 3.15. The predicted molar refractivity (Wildman–Crippen MR) is 63.0 cm³/mol. The number of anilines is 1. The lowest BCUT2D eigenvalue weighted by atomic mass is 10.4. The summed E-state index contributed by atoms with van der Waals surface area (Å²) in [7, 11) is -3.10. The molecular formula is C8H13ClN4O2S. The Morgan fingerprint density at radius 2 is 2.12 bits per heavy atom. The van der Waals surface area contributed by atoms with E-state index < -0.39 is 10.0 Å². The maximum absolute atomic E-state index is 10.7. The molecule has 0 saturated heterocycles. The molecule has 1 aromatic rings. The van der Waals surface area contributed by atoms with Crippen molar-refractivity contribution in [1.29, 1.82) is 0 Å². The summed E-state index contributed by atoms with van der Waals surface area (Å²) in [5.41, 5.74) is 0. The quantitative estimate of drug-likeness (QED) is 0.577. The molecule has 1 rings (SSSR count). The van der Waals surface area contributed by atoms with E-state index in [2.05, 4.69) is 20.0 Å². The summed E-state index contributed by atoms with van der Waals surface area (Å²) in [4.78, 5) is 7.68. The molecule has 2 N–H and O–H groups in total. The summed E-state index contributed by atoms with van der Waals surface area (Å²) < 4.78 is 23.9. The molecule has 1 aromatic heterocycles. The van der Waals surface area contributed by atoms with Crippen LogP contribution in [0.4, 0.5) is 5.82 Å². The van der Waals surface area contributed by atoms with Gasteiger partial charge in [0.15, 0.2) is 0 Å². The van der Waals surface area contributed by atoms with Crippen LogP contribution in [0.25, 0.3) is 0 Å². The van der Waals surface area contributed by atoms with Gasteiger partial charge in [0, 0.05) is 19.2 Å². The SMILES string of the molecule is CS(=O)(=O)NCCCNc1cc(Cl)ncn1. The first kappa shape index (κ1) is 13.1. The van der Waals surface area contributed by atoms with Gasteiger partial charge in [-0.2, -0.15) is 0 Å². The third-order valence-electron chi connectivity index (χ3n) is 1.66. The lowest BCUT2D eigenvalue weighted by Gasteiger charge is -2.05. The van der Waals surface area contributed by atoms with Crippen LogP contribution < -0.4 is 10.0 Å². The fourth-order valence-corrected chi connectivity index (χ4v) is 1.65. The summed E-state index contributed by atoms with van der Waals surface area (Å²) >= 11 is 5.66. The highest BCUT2D eigenvalue weighted by Gasteiger charge is 1.99. The molecule has 0 aliphatic heterocycles. The second kappa shape index (κ2) is 5.97. The Kier molecular flexibility index (Phi) is 4.91. The number of halogens is 1. The van der Waals surface area contributed by atoms with Crippen molar-refractivity contribution in [1.82, 2.24) is 14.7 Å². The number of hydrogen-bond donors (Lipinski definition) is 2. The van der Waals surface area contributed by atoms with Crippen LogP contribution in [0.5, 0.6) is 0 Å². The van der Waals surface area contributed by atoms with Gasteiger partial charge in [-0.25, -0.2) is 23.1 Å². The molecule has 0 fully saturated rings. The molecule has 90 valence electrons. The molecule has 0 bridgehead atoms. The van der Waals surface area contributed by atoms with Crippen LogP contribution in [0, 0.1) is 0 Å². The Bertz CT molecular complexity index is 437. The Morgan fingerprint density at radius 1 is 1.38 bits per heavy atom. The maximum Gasteiger partial charge on any atom is 0.208 e. The number of aromatic nitrogens is 2. The van der Waals surface area contributed by atoms with Crippen LogP contribution in [0.2, 0.25) is 5.15 Å². The lowest BCUT2D eigenvalue weighted by Crippen LogP contribution is -2.24. The molecule has 0 spiro atoms. The Hall–Kier alpha value is -0.920. The first-order valence-electron chi connectivity index (χ1n) is 4.63. The van der Waals surface area contributed by atoms with Gasteiger partial charge < -0.3 is 5.32 Å². The zero-order chi connectivity index (χ0) is 12.0. The standard InChI is InChI=1S/C8H13ClN4O2S/c1-16(14,15)13-4-2-3-10-8-5-7(9)11-6-12-8/h5-6,13H,2-4H2,1H3,(H,10,11,12). The molecule has 0 aliphatic carbocycles. The van der Waals surface area contributed by atoms with Crippen molar-refractivity contribution in [2.45, 2.75) is 6.42 Å². The smallest absolute Gasteiger partial charge is 0.208 e. The van der Waals surface area contributed by atoms with E-state index in [1.807, 2.05) is 0 Å². The summed E-state index contributed by atoms with van der Waals surface area (Å²) in [5, 5.41) is 3.37. The third-order valence-corrected chi connectivity index (χ3v) is 2.59. The first-order valence-corrected chi connectivity index (χ1v) is 6.90. The minimum Gasteiger partial charge on any atom is -0.370 e. The van der Waals surface area contributed by atoms with Crippen LogP contribution in [-0.2, 0) is 10.0 Å². The molecule has 0 aliphatic rings. The third kappa shape index (κ3) is 5.84. The summed E-state index contributed by atoms with van der Waals surface area (Å²) in [6.45, 7) is 1.00. The van der Waals surface area contributed by atoms with E-state index in [-0.39, 0.29) is 0 Å².